The second kappa shape index (κ2) is 6.28. The highest BCUT2D eigenvalue weighted by molar-refractivity contribution is 7.80. The molecular weight excluding hydrogens is 158 g/mol. The Balaban J connectivity index is 3.48. The molecule has 2 N–H and O–H groups in total. The zero-order valence-corrected chi connectivity index (χ0v) is 7.73. The topological polar surface area (TPSA) is 43.1 Å². The number of allylic oxidation sites excluding steroid dienone is 1. The molecule has 0 atom stereocenters. The van der Waals surface area contributed by atoms with Crippen molar-refractivity contribution in [2.75, 3.05) is 5.75 Å². The Morgan fingerprint density at radius 1 is 1.55 bits per heavy atom. The summed E-state index contributed by atoms with van der Waals surface area (Å²) in [4.78, 5) is 10.5. The first-order chi connectivity index (χ1) is 5.18. The highest BCUT2D eigenvalue weighted by Crippen LogP contribution is 2.01. The molecule has 0 spiro atoms. The lowest BCUT2D eigenvalue weighted by molar-refractivity contribution is -0.114. The summed E-state index contributed by atoms with van der Waals surface area (Å²) >= 11 is 4.07. The number of unbranched alkanes of at least 4 members (excludes halogenated alkanes) is 2. The van der Waals surface area contributed by atoms with Crippen molar-refractivity contribution < 1.29 is 4.79 Å². The van der Waals surface area contributed by atoms with Gasteiger partial charge in [0.05, 0.1) is 0 Å². The Morgan fingerprint density at radius 2 is 2.18 bits per heavy atom. The zero-order chi connectivity index (χ0) is 8.69. The van der Waals surface area contributed by atoms with Crippen LogP contribution in [0.15, 0.2) is 11.6 Å². The fraction of sp³-hybridized carbons (Fsp3) is 0.625. The first kappa shape index (κ1) is 10.6. The molecule has 0 aliphatic rings. The first-order valence-electron chi connectivity index (χ1n) is 3.76. The molecule has 3 heteroatoms. The van der Waals surface area contributed by atoms with Gasteiger partial charge in [-0.25, -0.2) is 0 Å². The Labute approximate surface area is 73.3 Å². The standard InChI is InChI=1S/C8H15NOS/c1-7(8(9)10)5-3-2-4-6-11/h5,11H,2-4,6H2,1H3,(H2,9,10)/b7-5+. The monoisotopic (exact) mass is 173 g/mol. The summed E-state index contributed by atoms with van der Waals surface area (Å²) in [5, 5.41) is 0. The van der Waals surface area contributed by atoms with Gasteiger partial charge in [-0.3, -0.25) is 4.79 Å². The first-order valence-corrected chi connectivity index (χ1v) is 4.39. The van der Waals surface area contributed by atoms with E-state index in [0.717, 1.165) is 25.0 Å². The molecule has 64 valence electrons. The van der Waals surface area contributed by atoms with Gasteiger partial charge in [-0.15, -0.1) is 0 Å². The number of primary amides is 1. The van der Waals surface area contributed by atoms with Gasteiger partial charge in [-0.2, -0.15) is 12.6 Å². The maximum Gasteiger partial charge on any atom is 0.244 e. The van der Waals surface area contributed by atoms with Gasteiger partial charge in [0.1, 0.15) is 0 Å². The van der Waals surface area contributed by atoms with E-state index in [9.17, 15) is 4.79 Å². The maximum atomic E-state index is 10.5. The number of carbonyl (C=O) groups excluding carboxylic acids is 1. The molecule has 0 rings (SSSR count). The van der Waals surface area contributed by atoms with Crippen LogP contribution in [0.1, 0.15) is 26.2 Å². The summed E-state index contributed by atoms with van der Waals surface area (Å²) in [6.07, 6.45) is 4.97. The molecular formula is C8H15NOS. The number of rotatable bonds is 5. The van der Waals surface area contributed by atoms with E-state index in [-0.39, 0.29) is 5.91 Å². The highest BCUT2D eigenvalue weighted by Gasteiger charge is 1.94. The van der Waals surface area contributed by atoms with Crippen molar-refractivity contribution in [3.63, 3.8) is 0 Å². The molecule has 0 aromatic rings. The Morgan fingerprint density at radius 3 is 2.64 bits per heavy atom. The minimum atomic E-state index is -0.323. The van der Waals surface area contributed by atoms with Crippen molar-refractivity contribution in [2.45, 2.75) is 26.2 Å². The second-order valence-corrected chi connectivity index (χ2v) is 2.92. The van der Waals surface area contributed by atoms with Crippen LogP contribution in [0.2, 0.25) is 0 Å². The van der Waals surface area contributed by atoms with E-state index in [4.69, 9.17) is 5.73 Å². The third-order valence-corrected chi connectivity index (χ3v) is 1.77. The maximum absolute atomic E-state index is 10.5. The van der Waals surface area contributed by atoms with Crippen LogP contribution in [0.4, 0.5) is 0 Å². The summed E-state index contributed by atoms with van der Waals surface area (Å²) in [5.41, 5.74) is 5.69. The van der Waals surface area contributed by atoms with E-state index in [2.05, 4.69) is 12.6 Å². The van der Waals surface area contributed by atoms with Crippen LogP contribution in [0, 0.1) is 0 Å². The number of hydrogen-bond acceptors (Lipinski definition) is 2. The van der Waals surface area contributed by atoms with Crippen LogP contribution >= 0.6 is 12.6 Å². The van der Waals surface area contributed by atoms with E-state index >= 15 is 0 Å². The second-order valence-electron chi connectivity index (χ2n) is 2.47. The summed E-state index contributed by atoms with van der Waals surface area (Å²) in [6.45, 7) is 1.74. The van der Waals surface area contributed by atoms with E-state index in [1.807, 2.05) is 6.08 Å². The predicted molar refractivity (Wildman–Crippen MR) is 50.7 cm³/mol. The number of carbonyl (C=O) groups is 1. The molecule has 0 saturated heterocycles. The molecule has 11 heavy (non-hydrogen) atoms. The highest BCUT2D eigenvalue weighted by atomic mass is 32.1. The minimum Gasteiger partial charge on any atom is -0.366 e. The Kier molecular flexibility index (Phi) is 6.03. The largest absolute Gasteiger partial charge is 0.366 e. The van der Waals surface area contributed by atoms with E-state index in [1.54, 1.807) is 6.92 Å². The number of nitrogens with two attached hydrogens (primary N) is 1. The van der Waals surface area contributed by atoms with Gasteiger partial charge in [0.15, 0.2) is 0 Å². The van der Waals surface area contributed by atoms with Gasteiger partial charge in [-0.05, 0) is 31.9 Å². The van der Waals surface area contributed by atoms with Gasteiger partial charge < -0.3 is 5.73 Å². The molecule has 0 aromatic heterocycles. The molecule has 0 heterocycles. The molecule has 0 unspecified atom stereocenters. The molecule has 0 aliphatic carbocycles. The van der Waals surface area contributed by atoms with Gasteiger partial charge in [0.25, 0.3) is 0 Å². The van der Waals surface area contributed by atoms with Crippen LogP contribution in [0.25, 0.3) is 0 Å². The minimum absolute atomic E-state index is 0.323. The van der Waals surface area contributed by atoms with E-state index in [1.165, 1.54) is 0 Å². The van der Waals surface area contributed by atoms with Crippen LogP contribution in [-0.2, 0) is 4.79 Å². The van der Waals surface area contributed by atoms with Crippen molar-refractivity contribution >= 4 is 18.5 Å². The smallest absolute Gasteiger partial charge is 0.244 e. The molecule has 2 nitrogen and oxygen atoms in total. The lowest BCUT2D eigenvalue weighted by Gasteiger charge is -1.94. The van der Waals surface area contributed by atoms with Crippen LogP contribution in [-0.4, -0.2) is 11.7 Å². The van der Waals surface area contributed by atoms with Crippen LogP contribution in [0.5, 0.6) is 0 Å². The molecule has 0 aliphatic heterocycles. The lowest BCUT2D eigenvalue weighted by atomic mass is 10.2. The van der Waals surface area contributed by atoms with Crippen LogP contribution in [0.3, 0.4) is 0 Å². The molecule has 0 aromatic carbocycles. The summed E-state index contributed by atoms with van der Waals surface area (Å²) < 4.78 is 0. The van der Waals surface area contributed by atoms with Crippen molar-refractivity contribution in [2.24, 2.45) is 5.73 Å². The van der Waals surface area contributed by atoms with Gasteiger partial charge in [0.2, 0.25) is 5.91 Å². The van der Waals surface area contributed by atoms with Crippen molar-refractivity contribution in [1.82, 2.24) is 0 Å². The summed E-state index contributed by atoms with van der Waals surface area (Å²) in [6, 6.07) is 0. The van der Waals surface area contributed by atoms with E-state index < -0.39 is 0 Å². The zero-order valence-electron chi connectivity index (χ0n) is 6.84. The summed E-state index contributed by atoms with van der Waals surface area (Å²) in [5.74, 6) is 0.583. The van der Waals surface area contributed by atoms with Crippen molar-refractivity contribution in [1.29, 1.82) is 0 Å². The van der Waals surface area contributed by atoms with Gasteiger partial charge in [0, 0.05) is 5.57 Å². The number of thiol groups is 1. The summed E-state index contributed by atoms with van der Waals surface area (Å²) in [7, 11) is 0. The molecule has 0 saturated carbocycles. The quantitative estimate of drug-likeness (QED) is 0.369. The molecule has 0 bridgehead atoms. The van der Waals surface area contributed by atoms with E-state index in [0.29, 0.717) is 5.57 Å². The Hall–Kier alpha value is -0.440. The third kappa shape index (κ3) is 5.98. The molecule has 1 amide bonds. The molecule has 0 fully saturated rings. The van der Waals surface area contributed by atoms with Crippen molar-refractivity contribution in [3.8, 4) is 0 Å². The molecule has 0 radical (unpaired) electrons. The fourth-order valence-electron chi connectivity index (χ4n) is 0.675. The third-order valence-electron chi connectivity index (χ3n) is 1.45. The fourth-order valence-corrected chi connectivity index (χ4v) is 0.899. The Bertz CT molecular complexity index is 154. The SMILES string of the molecule is C/C(=C\CCCCS)C(N)=O. The predicted octanol–water partition coefficient (Wildman–Crippen LogP) is 1.52. The average Bonchev–Trinajstić information content (AvgIpc) is 1.97. The number of amides is 1. The number of hydrogen-bond donors (Lipinski definition) is 2. The average molecular weight is 173 g/mol. The van der Waals surface area contributed by atoms with Gasteiger partial charge >= 0.3 is 0 Å². The lowest BCUT2D eigenvalue weighted by Crippen LogP contribution is -2.11. The van der Waals surface area contributed by atoms with Gasteiger partial charge in [-0.1, -0.05) is 6.08 Å². The van der Waals surface area contributed by atoms with Crippen LogP contribution < -0.4 is 5.73 Å². The van der Waals surface area contributed by atoms with Crippen molar-refractivity contribution in [3.05, 3.63) is 11.6 Å². The normalized spacial score (nSPS) is 11.6.